The van der Waals surface area contributed by atoms with Gasteiger partial charge in [0.2, 0.25) is 5.91 Å². The number of carbonyl (C=O) groups is 2. The van der Waals surface area contributed by atoms with Crippen LogP contribution in [-0.4, -0.2) is 100 Å². The molecule has 496 valence electrons. The van der Waals surface area contributed by atoms with Gasteiger partial charge in [-0.15, -0.1) is 0 Å². The summed E-state index contributed by atoms with van der Waals surface area (Å²) in [6.45, 7) is 4.22. The van der Waals surface area contributed by atoms with Gasteiger partial charge in [0.15, 0.2) is 6.29 Å². The Kier molecular flexibility index (Phi) is 59.5. The number of allylic oxidation sites excluding steroid dienone is 9. The standard InChI is InChI=1S/C74H135NO10/c1-3-5-7-9-11-13-15-16-39-42-46-50-54-58-62-70(79)83-63-59-55-51-47-43-40-37-35-33-31-29-27-25-23-21-19-17-18-20-22-24-26-28-30-32-34-36-38-41-45-49-53-57-61-69(78)75-66(65-84-74-73(82)72(81)71(80)68(64-76)85-74)67(77)60-56-52-48-44-14-12-10-8-6-4-2/h6,8,14,21,23,27,29,44,56,60,66-68,71-74,76-77,80-82H,3-5,7,9-13,15-20,22,24-26,28,30-43,45-55,57-59,61-65H2,1-2H3,(H,75,78)/b8-6+,23-21-,29-27-,44-14+,60-56+. The van der Waals surface area contributed by atoms with Gasteiger partial charge in [-0.2, -0.15) is 0 Å². The average molecular weight is 1200 g/mol. The number of carbonyl (C=O) groups excluding carboxylic acids is 2. The molecule has 0 bridgehead atoms. The van der Waals surface area contributed by atoms with E-state index in [9.17, 15) is 35.1 Å². The molecule has 1 rings (SSSR count). The number of hydrogen-bond acceptors (Lipinski definition) is 10. The van der Waals surface area contributed by atoms with Crippen LogP contribution in [0.1, 0.15) is 335 Å². The Morgan fingerprint density at radius 3 is 1.28 bits per heavy atom. The van der Waals surface area contributed by atoms with Gasteiger partial charge < -0.3 is 45.1 Å². The number of nitrogens with one attached hydrogen (secondary N) is 1. The summed E-state index contributed by atoms with van der Waals surface area (Å²) in [7, 11) is 0. The molecular weight excluding hydrogens is 1060 g/mol. The minimum atomic E-state index is -1.58. The molecule has 6 N–H and O–H groups in total. The molecule has 0 saturated carbocycles. The van der Waals surface area contributed by atoms with E-state index < -0.39 is 49.5 Å². The lowest BCUT2D eigenvalue weighted by molar-refractivity contribution is -0.302. The summed E-state index contributed by atoms with van der Waals surface area (Å²) in [6, 6.07) is -0.833. The first-order valence-corrected chi connectivity index (χ1v) is 36.1. The smallest absolute Gasteiger partial charge is 0.305 e. The molecule has 0 aliphatic carbocycles. The van der Waals surface area contributed by atoms with E-state index in [0.29, 0.717) is 19.4 Å². The van der Waals surface area contributed by atoms with Crippen LogP contribution in [0.2, 0.25) is 0 Å². The Bertz CT molecular complexity index is 1600. The largest absolute Gasteiger partial charge is 0.466 e. The van der Waals surface area contributed by atoms with Gasteiger partial charge in [-0.05, 0) is 83.5 Å². The van der Waals surface area contributed by atoms with Crippen LogP contribution in [0.3, 0.4) is 0 Å². The Labute approximate surface area is 522 Å². The van der Waals surface area contributed by atoms with Crippen LogP contribution in [0.5, 0.6) is 0 Å². The third-order valence-corrected chi connectivity index (χ3v) is 16.8. The summed E-state index contributed by atoms with van der Waals surface area (Å²) >= 11 is 0. The molecule has 1 heterocycles. The van der Waals surface area contributed by atoms with Gasteiger partial charge in [0.1, 0.15) is 24.4 Å². The molecule has 0 aromatic carbocycles. The quantitative estimate of drug-likeness (QED) is 0.0195. The van der Waals surface area contributed by atoms with Crippen molar-refractivity contribution in [3.63, 3.8) is 0 Å². The normalized spacial score (nSPS) is 18.3. The number of esters is 1. The number of hydrogen-bond donors (Lipinski definition) is 6. The molecular formula is C74H135NO10. The molecule has 11 heteroatoms. The van der Waals surface area contributed by atoms with Crippen molar-refractivity contribution in [2.75, 3.05) is 19.8 Å². The van der Waals surface area contributed by atoms with E-state index in [-0.39, 0.29) is 18.5 Å². The lowest BCUT2D eigenvalue weighted by atomic mass is 9.99. The molecule has 7 atom stereocenters. The molecule has 1 fully saturated rings. The third kappa shape index (κ3) is 51.9. The first-order chi connectivity index (χ1) is 41.7. The number of rotatable bonds is 63. The fraction of sp³-hybridized carbons (Fsp3) is 0.838. The van der Waals surface area contributed by atoms with Gasteiger partial charge in [0.05, 0.1) is 32.0 Å². The van der Waals surface area contributed by atoms with Gasteiger partial charge >= 0.3 is 5.97 Å². The van der Waals surface area contributed by atoms with Crippen molar-refractivity contribution in [1.29, 1.82) is 0 Å². The second-order valence-electron chi connectivity index (χ2n) is 24.9. The van der Waals surface area contributed by atoms with E-state index in [0.717, 1.165) is 70.6 Å². The maximum Gasteiger partial charge on any atom is 0.305 e. The van der Waals surface area contributed by atoms with Gasteiger partial charge in [-0.25, -0.2) is 0 Å². The van der Waals surface area contributed by atoms with Crippen LogP contribution in [-0.2, 0) is 23.8 Å². The molecule has 85 heavy (non-hydrogen) atoms. The maximum atomic E-state index is 13.0. The van der Waals surface area contributed by atoms with Crippen LogP contribution >= 0.6 is 0 Å². The minimum Gasteiger partial charge on any atom is -0.466 e. The highest BCUT2D eigenvalue weighted by Gasteiger charge is 2.44. The first-order valence-electron chi connectivity index (χ1n) is 36.1. The summed E-state index contributed by atoms with van der Waals surface area (Å²) in [5, 5.41) is 54.3. The highest BCUT2D eigenvalue weighted by atomic mass is 16.7. The van der Waals surface area contributed by atoms with Crippen molar-refractivity contribution in [2.45, 2.75) is 378 Å². The summed E-state index contributed by atoms with van der Waals surface area (Å²) < 4.78 is 16.7. The Morgan fingerprint density at radius 1 is 0.447 bits per heavy atom. The number of amides is 1. The monoisotopic (exact) mass is 1200 g/mol. The predicted octanol–water partition coefficient (Wildman–Crippen LogP) is 18.5. The van der Waals surface area contributed by atoms with Gasteiger partial charge in [0.25, 0.3) is 0 Å². The topological polar surface area (TPSA) is 175 Å². The van der Waals surface area contributed by atoms with E-state index in [1.165, 1.54) is 238 Å². The second kappa shape index (κ2) is 62.9. The molecule has 7 unspecified atom stereocenters. The average Bonchev–Trinajstić information content (AvgIpc) is 3.39. The highest BCUT2D eigenvalue weighted by Crippen LogP contribution is 2.23. The maximum absolute atomic E-state index is 13.0. The van der Waals surface area contributed by atoms with E-state index in [1.807, 2.05) is 6.08 Å². The van der Waals surface area contributed by atoms with Crippen LogP contribution < -0.4 is 5.32 Å². The summed E-state index contributed by atoms with van der Waals surface area (Å²) in [6.07, 6.45) is 73.9. The highest BCUT2D eigenvalue weighted by molar-refractivity contribution is 5.76. The molecule has 0 radical (unpaired) electrons. The number of aliphatic hydroxyl groups excluding tert-OH is 5. The molecule has 11 nitrogen and oxygen atoms in total. The van der Waals surface area contributed by atoms with Crippen LogP contribution in [0, 0.1) is 0 Å². The SMILES string of the molecule is CC/C=C/CC/C=C/CC/C=C/C(O)C(COC1OC(CO)C(O)C(O)C1O)NC(=O)CCCCCCCCCCCCCCCCCCC/C=C\C/C=C\CCCCCCCCCCCOC(=O)CCCCCCCCCCCCCCCC. The van der Waals surface area contributed by atoms with Crippen LogP contribution in [0.4, 0.5) is 0 Å². The molecule has 1 amide bonds. The Hall–Kier alpha value is -2.64. The van der Waals surface area contributed by atoms with Crippen molar-refractivity contribution in [2.24, 2.45) is 0 Å². The molecule has 1 aliphatic rings. The van der Waals surface area contributed by atoms with E-state index in [1.54, 1.807) is 6.08 Å². The number of unbranched alkanes of at least 4 members (excludes halogenated alkanes) is 41. The summed E-state index contributed by atoms with van der Waals surface area (Å²) in [5.41, 5.74) is 0. The van der Waals surface area contributed by atoms with E-state index in [4.69, 9.17) is 14.2 Å². The molecule has 0 aromatic rings. The van der Waals surface area contributed by atoms with Crippen molar-refractivity contribution in [1.82, 2.24) is 5.32 Å². The molecule has 1 saturated heterocycles. The molecule has 0 spiro atoms. The van der Waals surface area contributed by atoms with E-state index >= 15 is 0 Å². The van der Waals surface area contributed by atoms with Crippen molar-refractivity contribution in [3.8, 4) is 0 Å². The van der Waals surface area contributed by atoms with Crippen LogP contribution in [0.25, 0.3) is 0 Å². The molecule has 0 aromatic heterocycles. The lowest BCUT2D eigenvalue weighted by Crippen LogP contribution is -2.60. The Balaban J connectivity index is 1.92. The fourth-order valence-electron chi connectivity index (χ4n) is 11.2. The van der Waals surface area contributed by atoms with Gasteiger partial charge in [-0.3, -0.25) is 9.59 Å². The van der Waals surface area contributed by atoms with E-state index in [2.05, 4.69) is 67.8 Å². The van der Waals surface area contributed by atoms with Crippen LogP contribution in [0.15, 0.2) is 60.8 Å². The third-order valence-electron chi connectivity index (χ3n) is 16.8. The predicted molar refractivity (Wildman–Crippen MR) is 357 cm³/mol. The second-order valence-corrected chi connectivity index (χ2v) is 24.9. The summed E-state index contributed by atoms with van der Waals surface area (Å²) in [5.74, 6) is -0.188. The fourth-order valence-corrected chi connectivity index (χ4v) is 11.2. The zero-order valence-corrected chi connectivity index (χ0v) is 55.1. The molecule has 1 aliphatic heterocycles. The zero-order valence-electron chi connectivity index (χ0n) is 55.1. The lowest BCUT2D eigenvalue weighted by Gasteiger charge is -2.40. The van der Waals surface area contributed by atoms with Gasteiger partial charge in [0, 0.05) is 12.8 Å². The number of ether oxygens (including phenoxy) is 3. The van der Waals surface area contributed by atoms with Crippen molar-refractivity contribution in [3.05, 3.63) is 60.8 Å². The first kappa shape index (κ1) is 80.4. The Morgan fingerprint density at radius 2 is 0.835 bits per heavy atom. The zero-order chi connectivity index (χ0) is 61.6. The van der Waals surface area contributed by atoms with Crippen molar-refractivity contribution >= 4 is 11.9 Å². The minimum absolute atomic E-state index is 0.00870. The van der Waals surface area contributed by atoms with Crippen molar-refractivity contribution < 1.29 is 49.3 Å². The number of aliphatic hydroxyl groups is 5. The summed E-state index contributed by atoms with van der Waals surface area (Å²) in [4.78, 5) is 25.1. The van der Waals surface area contributed by atoms with Gasteiger partial charge in [-0.1, -0.05) is 299 Å².